The van der Waals surface area contributed by atoms with E-state index in [0.717, 1.165) is 18.1 Å². The molecule has 0 aliphatic carbocycles. The van der Waals surface area contributed by atoms with E-state index in [9.17, 15) is 0 Å². The number of hydrogen-bond acceptors (Lipinski definition) is 4. The molecule has 0 aliphatic heterocycles. The van der Waals surface area contributed by atoms with E-state index in [0.29, 0.717) is 6.54 Å². The summed E-state index contributed by atoms with van der Waals surface area (Å²) >= 11 is 0. The second-order valence-electron chi connectivity index (χ2n) is 3.63. The Bertz CT molecular complexity index is 356. The molecule has 1 aromatic heterocycles. The second-order valence-corrected chi connectivity index (χ2v) is 3.63. The Kier molecular flexibility index (Phi) is 4.59. The van der Waals surface area contributed by atoms with Gasteiger partial charge in [-0.15, -0.1) is 0 Å². The summed E-state index contributed by atoms with van der Waals surface area (Å²) in [5, 5.41) is 8.79. The van der Waals surface area contributed by atoms with E-state index in [1.807, 2.05) is 19.1 Å². The summed E-state index contributed by atoms with van der Waals surface area (Å²) in [5.41, 5.74) is 0. The van der Waals surface area contributed by atoms with E-state index in [4.69, 9.17) is 10.00 Å². The Hall–Kier alpha value is -1.76. The SMILES string of the molecule is CCN(CC(C)C#N)c1ccc(OC)cn1. The van der Waals surface area contributed by atoms with Gasteiger partial charge in [0, 0.05) is 13.1 Å². The van der Waals surface area contributed by atoms with Crippen LogP contribution in [0.1, 0.15) is 13.8 Å². The highest BCUT2D eigenvalue weighted by atomic mass is 16.5. The molecule has 1 heterocycles. The molecular weight excluding hydrogens is 202 g/mol. The summed E-state index contributed by atoms with van der Waals surface area (Å²) in [7, 11) is 1.62. The van der Waals surface area contributed by atoms with Crippen molar-refractivity contribution in [1.29, 1.82) is 5.26 Å². The van der Waals surface area contributed by atoms with E-state index in [2.05, 4.69) is 22.9 Å². The van der Waals surface area contributed by atoms with Gasteiger partial charge in [0.1, 0.15) is 11.6 Å². The largest absolute Gasteiger partial charge is 0.495 e. The van der Waals surface area contributed by atoms with Gasteiger partial charge in [-0.1, -0.05) is 0 Å². The normalized spacial score (nSPS) is 11.6. The van der Waals surface area contributed by atoms with Gasteiger partial charge in [-0.05, 0) is 26.0 Å². The van der Waals surface area contributed by atoms with E-state index in [1.165, 1.54) is 0 Å². The van der Waals surface area contributed by atoms with Crippen LogP contribution in [0.15, 0.2) is 18.3 Å². The van der Waals surface area contributed by atoms with Crippen LogP contribution in [0, 0.1) is 17.2 Å². The molecule has 4 nitrogen and oxygen atoms in total. The van der Waals surface area contributed by atoms with E-state index in [1.54, 1.807) is 13.3 Å². The fraction of sp³-hybridized carbons (Fsp3) is 0.500. The molecule has 0 amide bonds. The van der Waals surface area contributed by atoms with Crippen molar-refractivity contribution < 1.29 is 4.74 Å². The molecular formula is C12H17N3O. The third-order valence-electron chi connectivity index (χ3n) is 2.38. The molecule has 0 spiro atoms. The average molecular weight is 219 g/mol. The Morgan fingerprint density at radius 2 is 2.31 bits per heavy atom. The van der Waals surface area contributed by atoms with Gasteiger partial charge in [0.2, 0.25) is 0 Å². The highest BCUT2D eigenvalue weighted by Crippen LogP contribution is 2.16. The number of anilines is 1. The number of aromatic nitrogens is 1. The first kappa shape index (κ1) is 12.3. The van der Waals surface area contributed by atoms with Crippen molar-refractivity contribution in [3.8, 4) is 11.8 Å². The molecule has 86 valence electrons. The van der Waals surface area contributed by atoms with Crippen LogP contribution in [0.2, 0.25) is 0 Å². The van der Waals surface area contributed by atoms with Crippen LogP contribution < -0.4 is 9.64 Å². The van der Waals surface area contributed by atoms with E-state index in [-0.39, 0.29) is 5.92 Å². The highest BCUT2D eigenvalue weighted by Gasteiger charge is 2.09. The highest BCUT2D eigenvalue weighted by molar-refractivity contribution is 5.40. The quantitative estimate of drug-likeness (QED) is 0.760. The molecule has 1 rings (SSSR count). The zero-order valence-electron chi connectivity index (χ0n) is 9.97. The first-order valence-corrected chi connectivity index (χ1v) is 5.35. The summed E-state index contributed by atoms with van der Waals surface area (Å²) < 4.78 is 5.05. The Morgan fingerprint density at radius 1 is 1.56 bits per heavy atom. The summed E-state index contributed by atoms with van der Waals surface area (Å²) in [4.78, 5) is 6.38. The van der Waals surface area contributed by atoms with Crippen molar-refractivity contribution in [2.45, 2.75) is 13.8 Å². The third-order valence-corrected chi connectivity index (χ3v) is 2.38. The molecule has 1 aromatic rings. The number of ether oxygens (including phenoxy) is 1. The van der Waals surface area contributed by atoms with Crippen LogP contribution in [-0.2, 0) is 0 Å². The number of nitriles is 1. The van der Waals surface area contributed by atoms with Crippen molar-refractivity contribution in [1.82, 2.24) is 4.98 Å². The molecule has 0 aliphatic rings. The van der Waals surface area contributed by atoms with Gasteiger partial charge in [0.15, 0.2) is 0 Å². The number of pyridine rings is 1. The second kappa shape index (κ2) is 5.96. The van der Waals surface area contributed by atoms with Crippen LogP contribution in [0.4, 0.5) is 5.82 Å². The molecule has 0 N–H and O–H groups in total. The molecule has 16 heavy (non-hydrogen) atoms. The van der Waals surface area contributed by atoms with Crippen LogP contribution in [0.25, 0.3) is 0 Å². The zero-order chi connectivity index (χ0) is 12.0. The van der Waals surface area contributed by atoms with Crippen LogP contribution in [0.5, 0.6) is 5.75 Å². The van der Waals surface area contributed by atoms with Crippen molar-refractivity contribution in [3.63, 3.8) is 0 Å². The summed E-state index contributed by atoms with van der Waals surface area (Å²) in [6.07, 6.45) is 1.69. The summed E-state index contributed by atoms with van der Waals surface area (Å²) in [5.74, 6) is 1.63. The lowest BCUT2D eigenvalue weighted by Crippen LogP contribution is -2.28. The van der Waals surface area contributed by atoms with E-state index < -0.39 is 0 Å². The first-order chi connectivity index (χ1) is 7.71. The van der Waals surface area contributed by atoms with Crippen molar-refractivity contribution >= 4 is 5.82 Å². The van der Waals surface area contributed by atoms with Gasteiger partial charge in [-0.3, -0.25) is 0 Å². The fourth-order valence-corrected chi connectivity index (χ4v) is 1.44. The standard InChI is InChI=1S/C12H17N3O/c1-4-15(9-10(2)7-13)12-6-5-11(16-3)8-14-12/h5-6,8,10H,4,9H2,1-3H3. The maximum absolute atomic E-state index is 8.79. The lowest BCUT2D eigenvalue weighted by atomic mass is 10.2. The van der Waals surface area contributed by atoms with Gasteiger partial charge in [0.05, 0.1) is 25.3 Å². The predicted octanol–water partition coefficient (Wildman–Crippen LogP) is 2.08. The van der Waals surface area contributed by atoms with Crippen molar-refractivity contribution in [2.75, 3.05) is 25.1 Å². The molecule has 4 heteroatoms. The van der Waals surface area contributed by atoms with Crippen LogP contribution >= 0.6 is 0 Å². The molecule has 0 fully saturated rings. The maximum Gasteiger partial charge on any atom is 0.137 e. The van der Waals surface area contributed by atoms with Crippen molar-refractivity contribution in [3.05, 3.63) is 18.3 Å². The topological polar surface area (TPSA) is 49.2 Å². The lowest BCUT2D eigenvalue weighted by molar-refractivity contribution is 0.413. The average Bonchev–Trinajstić information content (AvgIpc) is 2.35. The Labute approximate surface area is 96.5 Å². The van der Waals surface area contributed by atoms with Gasteiger partial charge < -0.3 is 9.64 Å². The lowest BCUT2D eigenvalue weighted by Gasteiger charge is -2.22. The molecule has 0 bridgehead atoms. The molecule has 1 unspecified atom stereocenters. The minimum atomic E-state index is 0.00357. The smallest absolute Gasteiger partial charge is 0.137 e. The zero-order valence-corrected chi connectivity index (χ0v) is 9.97. The maximum atomic E-state index is 8.79. The van der Waals surface area contributed by atoms with Crippen molar-refractivity contribution in [2.24, 2.45) is 5.92 Å². The molecule has 0 saturated heterocycles. The number of nitrogens with zero attached hydrogens (tertiary/aromatic N) is 3. The van der Waals surface area contributed by atoms with Crippen LogP contribution in [0.3, 0.4) is 0 Å². The van der Waals surface area contributed by atoms with Gasteiger partial charge in [-0.25, -0.2) is 4.98 Å². The first-order valence-electron chi connectivity index (χ1n) is 5.35. The van der Waals surface area contributed by atoms with Gasteiger partial charge in [0.25, 0.3) is 0 Å². The van der Waals surface area contributed by atoms with Gasteiger partial charge >= 0.3 is 0 Å². The molecule has 0 radical (unpaired) electrons. The summed E-state index contributed by atoms with van der Waals surface area (Å²) in [6, 6.07) is 6.01. The molecule has 1 atom stereocenters. The minimum Gasteiger partial charge on any atom is -0.495 e. The Morgan fingerprint density at radius 3 is 2.75 bits per heavy atom. The number of hydrogen-bond donors (Lipinski definition) is 0. The minimum absolute atomic E-state index is 0.00357. The Balaban J connectivity index is 2.75. The number of methoxy groups -OCH3 is 1. The summed E-state index contributed by atoms with van der Waals surface area (Å²) in [6.45, 7) is 5.50. The third kappa shape index (κ3) is 3.13. The van der Waals surface area contributed by atoms with E-state index >= 15 is 0 Å². The monoisotopic (exact) mass is 219 g/mol. The fourth-order valence-electron chi connectivity index (χ4n) is 1.44. The molecule has 0 aromatic carbocycles. The number of rotatable bonds is 5. The molecule has 0 saturated carbocycles. The predicted molar refractivity (Wildman–Crippen MR) is 63.5 cm³/mol. The van der Waals surface area contributed by atoms with Gasteiger partial charge in [-0.2, -0.15) is 5.26 Å². The van der Waals surface area contributed by atoms with Crippen LogP contribution in [-0.4, -0.2) is 25.2 Å².